The zero-order valence-electron chi connectivity index (χ0n) is 5.69. The van der Waals surface area contributed by atoms with Crippen molar-refractivity contribution in [3.8, 4) is 0 Å². The Balaban J connectivity index is 2.44. The van der Waals surface area contributed by atoms with Crippen molar-refractivity contribution < 1.29 is 0 Å². The molecular weight excluding hydrogens is 165 g/mol. The van der Waals surface area contributed by atoms with Gasteiger partial charge in [0.1, 0.15) is 0 Å². The van der Waals surface area contributed by atoms with Crippen LogP contribution >= 0.6 is 0 Å². The van der Waals surface area contributed by atoms with Crippen LogP contribution in [0.3, 0.4) is 0 Å². The van der Waals surface area contributed by atoms with Gasteiger partial charge < -0.3 is 0 Å². The summed E-state index contributed by atoms with van der Waals surface area (Å²) in [6.45, 7) is 6.84. The minimum absolute atomic E-state index is 0.479. The van der Waals surface area contributed by atoms with E-state index in [4.69, 9.17) is 0 Å². The fourth-order valence-electron chi connectivity index (χ4n) is 1.01. The summed E-state index contributed by atoms with van der Waals surface area (Å²) in [5.74, 6) is 0. The van der Waals surface area contributed by atoms with Crippen LogP contribution < -0.4 is 5.32 Å². The van der Waals surface area contributed by atoms with Crippen molar-refractivity contribution in [2.45, 2.75) is 36.6 Å². The molecule has 8 heavy (non-hydrogen) atoms. The van der Waals surface area contributed by atoms with Gasteiger partial charge in [-0.05, 0) is 0 Å². The molecule has 0 aromatic carbocycles. The van der Waals surface area contributed by atoms with E-state index in [2.05, 4.69) is 26.1 Å². The Hall–Kier alpha value is 0.479. The first-order valence-electron chi connectivity index (χ1n) is 3.02. The summed E-state index contributed by atoms with van der Waals surface area (Å²) in [4.78, 5) is 0. The van der Waals surface area contributed by atoms with Crippen LogP contribution in [0.4, 0.5) is 0 Å². The molecule has 0 bridgehead atoms. The Labute approximate surface area is 57.4 Å². The summed E-state index contributed by atoms with van der Waals surface area (Å²) in [6, 6.07) is 0.769. The van der Waals surface area contributed by atoms with Gasteiger partial charge in [-0.25, -0.2) is 0 Å². The van der Waals surface area contributed by atoms with Crippen LogP contribution in [0, 0.1) is 0 Å². The molecule has 0 spiro atoms. The summed E-state index contributed by atoms with van der Waals surface area (Å²) in [5, 5.41) is 4.92. The third kappa shape index (κ3) is 1.48. The number of hydrogen-bond donors (Lipinski definition) is 1. The van der Waals surface area contributed by atoms with Gasteiger partial charge in [0, 0.05) is 0 Å². The molecule has 1 aliphatic rings. The molecule has 1 heterocycles. The molecule has 0 aromatic rings. The van der Waals surface area contributed by atoms with Gasteiger partial charge in [0.05, 0.1) is 0 Å². The van der Waals surface area contributed by atoms with Crippen molar-refractivity contribution in [2.24, 2.45) is 0 Å². The number of rotatable bonds is 0. The summed E-state index contributed by atoms with van der Waals surface area (Å²) in [7, 11) is 0. The maximum atomic E-state index is 3.52. The van der Waals surface area contributed by atoms with E-state index in [0.29, 0.717) is 4.44 Å². The zero-order chi connectivity index (χ0) is 6.20. The first-order valence-corrected chi connectivity index (χ1v) is 5.08. The van der Waals surface area contributed by atoms with Gasteiger partial charge in [0.15, 0.2) is 0 Å². The van der Waals surface area contributed by atoms with E-state index in [1.807, 2.05) is 0 Å². The van der Waals surface area contributed by atoms with Gasteiger partial charge in [-0.15, -0.1) is 0 Å². The van der Waals surface area contributed by atoms with E-state index in [1.165, 1.54) is 5.32 Å². The third-order valence-electron chi connectivity index (χ3n) is 1.29. The Kier molecular flexibility index (Phi) is 1.66. The minimum atomic E-state index is 0.479. The Morgan fingerprint density at radius 3 is 2.38 bits per heavy atom. The Bertz CT molecular complexity index is 90.5. The van der Waals surface area contributed by atoms with Crippen molar-refractivity contribution in [3.05, 3.63) is 0 Å². The van der Waals surface area contributed by atoms with Crippen LogP contribution in [0.5, 0.6) is 0 Å². The second-order valence-electron chi connectivity index (χ2n) is 2.87. The predicted molar refractivity (Wildman–Crippen MR) is 37.2 cm³/mol. The van der Waals surface area contributed by atoms with Crippen molar-refractivity contribution >= 4 is 15.0 Å². The molecule has 1 N–H and O–H groups in total. The number of nitrogens with one attached hydrogen (secondary N) is 1. The van der Waals surface area contributed by atoms with Crippen molar-refractivity contribution in [1.82, 2.24) is 5.32 Å². The second kappa shape index (κ2) is 2.02. The van der Waals surface area contributed by atoms with Gasteiger partial charge in [0.25, 0.3) is 0 Å². The standard InChI is InChI=1S/C6H13NSe/c1-5-4-8-6(2,3)7-5/h5,7H,4H2,1-3H3. The van der Waals surface area contributed by atoms with E-state index < -0.39 is 0 Å². The maximum absolute atomic E-state index is 3.52. The molecule has 0 saturated carbocycles. The third-order valence-corrected chi connectivity index (χ3v) is 4.45. The van der Waals surface area contributed by atoms with Crippen molar-refractivity contribution in [1.29, 1.82) is 0 Å². The molecule has 1 nitrogen and oxygen atoms in total. The fourth-order valence-corrected chi connectivity index (χ4v) is 3.18. The molecule has 48 valence electrons. The molecule has 1 fully saturated rings. The van der Waals surface area contributed by atoms with E-state index in [0.717, 1.165) is 21.0 Å². The number of hydrogen-bond acceptors (Lipinski definition) is 1. The van der Waals surface area contributed by atoms with Crippen LogP contribution in [0.1, 0.15) is 20.8 Å². The molecule has 0 aromatic heterocycles. The topological polar surface area (TPSA) is 12.0 Å². The van der Waals surface area contributed by atoms with Crippen LogP contribution in [-0.2, 0) is 0 Å². The summed E-state index contributed by atoms with van der Waals surface area (Å²) >= 11 is 0.826. The van der Waals surface area contributed by atoms with E-state index in [9.17, 15) is 0 Å². The summed E-state index contributed by atoms with van der Waals surface area (Å²) in [5.41, 5.74) is 0. The second-order valence-corrected chi connectivity index (χ2v) is 6.31. The van der Waals surface area contributed by atoms with Gasteiger partial charge in [-0.2, -0.15) is 0 Å². The SMILES string of the molecule is CC1C[Se]C(C)(C)N1. The molecule has 1 aliphatic heterocycles. The van der Waals surface area contributed by atoms with Crippen LogP contribution in [-0.4, -0.2) is 25.4 Å². The molecule has 0 amide bonds. The molecule has 2 heteroatoms. The quantitative estimate of drug-likeness (QED) is 0.542. The van der Waals surface area contributed by atoms with Gasteiger partial charge in [-0.3, -0.25) is 0 Å². The normalized spacial score (nSPS) is 35.6. The molecular formula is C6H13NSe. The first kappa shape index (κ1) is 6.60. The van der Waals surface area contributed by atoms with Crippen LogP contribution in [0.15, 0.2) is 0 Å². The van der Waals surface area contributed by atoms with Crippen LogP contribution in [0.2, 0.25) is 5.32 Å². The molecule has 1 rings (SSSR count). The molecule has 1 saturated heterocycles. The van der Waals surface area contributed by atoms with Gasteiger partial charge in [0.2, 0.25) is 0 Å². The van der Waals surface area contributed by atoms with Gasteiger partial charge >= 0.3 is 56.8 Å². The molecule has 1 unspecified atom stereocenters. The Morgan fingerprint density at radius 1 is 1.62 bits per heavy atom. The van der Waals surface area contributed by atoms with E-state index in [1.54, 1.807) is 0 Å². The summed E-state index contributed by atoms with van der Waals surface area (Å²) < 4.78 is 0.479. The molecule has 1 atom stereocenters. The fraction of sp³-hybridized carbons (Fsp3) is 1.00. The average molecular weight is 178 g/mol. The van der Waals surface area contributed by atoms with Crippen molar-refractivity contribution in [3.63, 3.8) is 0 Å². The predicted octanol–water partition coefficient (Wildman–Crippen LogP) is 0.837. The van der Waals surface area contributed by atoms with Crippen molar-refractivity contribution in [2.75, 3.05) is 0 Å². The zero-order valence-corrected chi connectivity index (χ0v) is 7.41. The van der Waals surface area contributed by atoms with Crippen LogP contribution in [0.25, 0.3) is 0 Å². The Morgan fingerprint density at radius 2 is 2.25 bits per heavy atom. The average Bonchev–Trinajstić information content (AvgIpc) is 1.82. The van der Waals surface area contributed by atoms with E-state index in [-0.39, 0.29) is 0 Å². The van der Waals surface area contributed by atoms with E-state index >= 15 is 0 Å². The monoisotopic (exact) mass is 179 g/mol. The molecule has 0 aliphatic carbocycles. The summed E-state index contributed by atoms with van der Waals surface area (Å²) in [6.07, 6.45) is 0. The van der Waals surface area contributed by atoms with Gasteiger partial charge in [-0.1, -0.05) is 0 Å². The first-order chi connectivity index (χ1) is 3.60. The molecule has 0 radical (unpaired) electrons.